The number of nitrogen functional groups attached to an aromatic ring is 1. The highest BCUT2D eigenvalue weighted by Crippen LogP contribution is 2.32. The van der Waals surface area contributed by atoms with E-state index in [2.05, 4.69) is 24.8 Å². The lowest BCUT2D eigenvalue weighted by Crippen LogP contribution is -2.12. The molecule has 3 heteroatoms. The molecular formula is C16H20N2O. The molecular weight excluding hydrogens is 236 g/mol. The van der Waals surface area contributed by atoms with Crippen molar-refractivity contribution in [3.63, 3.8) is 0 Å². The van der Waals surface area contributed by atoms with E-state index >= 15 is 0 Å². The molecule has 19 heavy (non-hydrogen) atoms. The van der Waals surface area contributed by atoms with E-state index in [0.29, 0.717) is 0 Å². The van der Waals surface area contributed by atoms with E-state index in [9.17, 15) is 0 Å². The first-order valence-electron chi connectivity index (χ1n) is 6.27. The smallest absolute Gasteiger partial charge is 0.120 e. The Morgan fingerprint density at radius 2 is 1.74 bits per heavy atom. The summed E-state index contributed by atoms with van der Waals surface area (Å²) < 4.78 is 5.26. The fraction of sp³-hybridized carbons (Fsp3) is 0.250. The minimum Gasteiger partial charge on any atom is -0.497 e. The van der Waals surface area contributed by atoms with Gasteiger partial charge in [-0.25, -0.2) is 0 Å². The van der Waals surface area contributed by atoms with E-state index in [0.717, 1.165) is 22.8 Å². The molecule has 0 spiro atoms. The molecule has 0 unspecified atom stereocenters. The van der Waals surface area contributed by atoms with Crippen LogP contribution in [0, 0.1) is 13.8 Å². The minimum atomic E-state index is 0.786. The number of rotatable bonds is 3. The van der Waals surface area contributed by atoms with Gasteiger partial charge in [0.05, 0.1) is 18.5 Å². The van der Waals surface area contributed by atoms with Gasteiger partial charge >= 0.3 is 0 Å². The molecule has 2 rings (SSSR count). The highest BCUT2D eigenvalue weighted by molar-refractivity contribution is 5.76. The van der Waals surface area contributed by atoms with Gasteiger partial charge in [0.2, 0.25) is 0 Å². The van der Waals surface area contributed by atoms with Crippen molar-refractivity contribution in [2.75, 3.05) is 24.8 Å². The lowest BCUT2D eigenvalue weighted by Gasteiger charge is -2.23. The summed E-state index contributed by atoms with van der Waals surface area (Å²) in [7, 11) is 3.68. The Bertz CT molecular complexity index is 593. The number of hydrogen-bond donors (Lipinski definition) is 1. The fourth-order valence-corrected chi connectivity index (χ4v) is 2.07. The molecule has 0 aliphatic heterocycles. The standard InChI is InChI=1S/C16H20N2O/c1-11-8-15(17)16(9-12(11)2)18(3)13-6-5-7-14(10-13)19-4/h5-10H,17H2,1-4H3. The summed E-state index contributed by atoms with van der Waals surface area (Å²) in [4.78, 5) is 2.07. The lowest BCUT2D eigenvalue weighted by molar-refractivity contribution is 0.415. The Balaban J connectivity index is 2.43. The van der Waals surface area contributed by atoms with Gasteiger partial charge in [-0.05, 0) is 49.2 Å². The number of nitrogens with zero attached hydrogens (tertiary/aromatic N) is 1. The van der Waals surface area contributed by atoms with Gasteiger partial charge < -0.3 is 15.4 Å². The predicted octanol–water partition coefficient (Wildman–Crippen LogP) is 3.66. The van der Waals surface area contributed by atoms with Crippen LogP contribution in [0.3, 0.4) is 0 Å². The molecule has 2 aromatic rings. The molecule has 0 atom stereocenters. The monoisotopic (exact) mass is 256 g/mol. The molecule has 0 aliphatic rings. The van der Waals surface area contributed by atoms with E-state index in [-0.39, 0.29) is 0 Å². The Morgan fingerprint density at radius 3 is 2.42 bits per heavy atom. The van der Waals surface area contributed by atoms with Gasteiger partial charge in [-0.3, -0.25) is 0 Å². The van der Waals surface area contributed by atoms with Gasteiger partial charge in [0.15, 0.2) is 0 Å². The second-order valence-electron chi connectivity index (χ2n) is 4.76. The first kappa shape index (κ1) is 13.3. The summed E-state index contributed by atoms with van der Waals surface area (Å²) in [5.74, 6) is 0.840. The summed E-state index contributed by atoms with van der Waals surface area (Å²) in [6.07, 6.45) is 0. The zero-order valence-electron chi connectivity index (χ0n) is 11.9. The maximum Gasteiger partial charge on any atom is 0.120 e. The van der Waals surface area contributed by atoms with Crippen LogP contribution in [0.4, 0.5) is 17.1 Å². The third-order valence-electron chi connectivity index (χ3n) is 3.44. The molecule has 0 fully saturated rings. The molecule has 100 valence electrons. The van der Waals surface area contributed by atoms with Crippen LogP contribution in [0.1, 0.15) is 11.1 Å². The molecule has 0 radical (unpaired) electrons. The van der Waals surface area contributed by atoms with Crippen molar-refractivity contribution in [2.24, 2.45) is 0 Å². The Kier molecular flexibility index (Phi) is 3.65. The maximum atomic E-state index is 6.13. The van der Waals surface area contributed by atoms with Crippen LogP contribution in [0.25, 0.3) is 0 Å². The van der Waals surface area contributed by atoms with Crippen LogP contribution in [-0.2, 0) is 0 Å². The highest BCUT2D eigenvalue weighted by Gasteiger charge is 2.10. The first-order valence-corrected chi connectivity index (χ1v) is 6.27. The van der Waals surface area contributed by atoms with Gasteiger partial charge in [-0.2, -0.15) is 0 Å². The van der Waals surface area contributed by atoms with Gasteiger partial charge in [-0.15, -0.1) is 0 Å². The van der Waals surface area contributed by atoms with Gasteiger partial charge in [0.25, 0.3) is 0 Å². The number of aryl methyl sites for hydroxylation is 2. The number of ether oxygens (including phenoxy) is 1. The van der Waals surface area contributed by atoms with Crippen molar-refractivity contribution in [1.29, 1.82) is 0 Å². The third-order valence-corrected chi connectivity index (χ3v) is 3.44. The number of anilines is 3. The average molecular weight is 256 g/mol. The van der Waals surface area contributed by atoms with Crippen molar-refractivity contribution >= 4 is 17.1 Å². The first-order chi connectivity index (χ1) is 9.02. The topological polar surface area (TPSA) is 38.5 Å². The summed E-state index contributed by atoms with van der Waals surface area (Å²) in [6, 6.07) is 12.1. The normalized spacial score (nSPS) is 10.3. The highest BCUT2D eigenvalue weighted by atomic mass is 16.5. The third kappa shape index (κ3) is 2.65. The van der Waals surface area contributed by atoms with Crippen LogP contribution in [0.15, 0.2) is 36.4 Å². The van der Waals surface area contributed by atoms with E-state index in [4.69, 9.17) is 10.5 Å². The largest absolute Gasteiger partial charge is 0.497 e. The molecule has 3 nitrogen and oxygen atoms in total. The Morgan fingerprint density at radius 1 is 1.05 bits per heavy atom. The molecule has 0 aromatic heterocycles. The van der Waals surface area contributed by atoms with E-state index in [1.165, 1.54) is 11.1 Å². The molecule has 2 aromatic carbocycles. The van der Waals surface area contributed by atoms with Gasteiger partial charge in [0.1, 0.15) is 5.75 Å². The average Bonchev–Trinajstić information content (AvgIpc) is 2.42. The number of benzene rings is 2. The van der Waals surface area contributed by atoms with Crippen LogP contribution in [-0.4, -0.2) is 14.2 Å². The number of methoxy groups -OCH3 is 1. The molecule has 2 N–H and O–H groups in total. The van der Waals surface area contributed by atoms with Crippen molar-refractivity contribution in [1.82, 2.24) is 0 Å². The van der Waals surface area contributed by atoms with Crippen molar-refractivity contribution < 1.29 is 4.74 Å². The molecule has 0 saturated heterocycles. The fourth-order valence-electron chi connectivity index (χ4n) is 2.07. The van der Waals surface area contributed by atoms with Gasteiger partial charge in [-0.1, -0.05) is 6.07 Å². The molecule has 0 aliphatic carbocycles. The Labute approximate surface area is 114 Å². The Hall–Kier alpha value is -2.16. The van der Waals surface area contributed by atoms with Crippen molar-refractivity contribution in [3.05, 3.63) is 47.5 Å². The summed E-state index contributed by atoms with van der Waals surface area (Å²) in [5, 5.41) is 0. The van der Waals surface area contributed by atoms with Gasteiger partial charge in [0, 0.05) is 18.8 Å². The summed E-state index contributed by atoms with van der Waals surface area (Å²) >= 11 is 0. The lowest BCUT2D eigenvalue weighted by atomic mass is 10.1. The second kappa shape index (κ2) is 5.22. The van der Waals surface area contributed by atoms with Crippen LogP contribution >= 0.6 is 0 Å². The predicted molar refractivity (Wildman–Crippen MR) is 81.4 cm³/mol. The molecule has 0 heterocycles. The molecule has 0 saturated carbocycles. The van der Waals surface area contributed by atoms with Crippen molar-refractivity contribution in [2.45, 2.75) is 13.8 Å². The summed E-state index contributed by atoms with van der Waals surface area (Å²) in [6.45, 7) is 4.17. The quantitative estimate of drug-likeness (QED) is 0.852. The summed E-state index contributed by atoms with van der Waals surface area (Å²) in [5.41, 5.74) is 11.4. The van der Waals surface area contributed by atoms with Crippen LogP contribution in [0.5, 0.6) is 5.75 Å². The maximum absolute atomic E-state index is 6.13. The van der Waals surface area contributed by atoms with Crippen LogP contribution in [0.2, 0.25) is 0 Å². The zero-order chi connectivity index (χ0) is 14.0. The van der Waals surface area contributed by atoms with E-state index in [1.807, 2.05) is 37.4 Å². The second-order valence-corrected chi connectivity index (χ2v) is 4.76. The minimum absolute atomic E-state index is 0.786. The molecule has 0 amide bonds. The number of hydrogen-bond acceptors (Lipinski definition) is 3. The van der Waals surface area contributed by atoms with E-state index < -0.39 is 0 Å². The van der Waals surface area contributed by atoms with Crippen LogP contribution < -0.4 is 15.4 Å². The molecule has 0 bridgehead atoms. The van der Waals surface area contributed by atoms with Crippen molar-refractivity contribution in [3.8, 4) is 5.75 Å². The zero-order valence-corrected chi connectivity index (χ0v) is 11.9. The SMILES string of the molecule is COc1cccc(N(C)c2cc(C)c(C)cc2N)c1. The number of nitrogens with two attached hydrogens (primary N) is 1. The van der Waals surface area contributed by atoms with E-state index in [1.54, 1.807) is 7.11 Å².